The topological polar surface area (TPSA) is 79.4 Å². The number of hydrazone groups is 1. The zero-order valence-corrected chi connectivity index (χ0v) is 15.7. The van der Waals surface area contributed by atoms with Crippen LogP contribution < -0.4 is 15.7 Å². The van der Waals surface area contributed by atoms with E-state index in [1.807, 2.05) is 48.5 Å². The Kier molecular flexibility index (Phi) is 5.88. The molecule has 27 heavy (non-hydrogen) atoms. The summed E-state index contributed by atoms with van der Waals surface area (Å²) in [4.78, 5) is 18.6. The van der Waals surface area contributed by atoms with Gasteiger partial charge in [-0.1, -0.05) is 35.9 Å². The van der Waals surface area contributed by atoms with Gasteiger partial charge in [0.25, 0.3) is 5.56 Å². The molecule has 3 rings (SSSR count). The summed E-state index contributed by atoms with van der Waals surface area (Å²) in [5, 5.41) is 4.81. The molecule has 2 N–H and O–H groups in total. The maximum Gasteiger partial charge on any atom is 0.255 e. The summed E-state index contributed by atoms with van der Waals surface area (Å²) in [7, 11) is 0. The van der Waals surface area contributed by atoms with E-state index in [9.17, 15) is 4.79 Å². The highest BCUT2D eigenvalue weighted by Crippen LogP contribution is 2.16. The molecule has 0 aliphatic carbocycles. The monoisotopic (exact) mass is 382 g/mol. The van der Waals surface area contributed by atoms with Crippen LogP contribution >= 0.6 is 11.6 Å². The molecular weight excluding hydrogens is 364 g/mol. The highest BCUT2D eigenvalue weighted by Gasteiger charge is 2.02. The molecule has 1 heterocycles. The average Bonchev–Trinajstić information content (AvgIpc) is 2.66. The maximum absolute atomic E-state index is 11.7. The Morgan fingerprint density at radius 2 is 2.00 bits per heavy atom. The van der Waals surface area contributed by atoms with E-state index in [2.05, 4.69) is 20.5 Å². The lowest BCUT2D eigenvalue weighted by atomic mass is 10.2. The first-order valence-corrected chi connectivity index (χ1v) is 8.73. The van der Waals surface area contributed by atoms with E-state index in [1.54, 1.807) is 20.1 Å². The van der Waals surface area contributed by atoms with Gasteiger partial charge in [-0.25, -0.2) is 10.4 Å². The van der Waals surface area contributed by atoms with E-state index in [0.717, 1.165) is 16.9 Å². The van der Waals surface area contributed by atoms with E-state index in [0.29, 0.717) is 28.8 Å². The minimum Gasteiger partial charge on any atom is -0.489 e. The standard InChI is InChI=1S/C20H19ClN4O2/c1-13-14(2)23-20(24-19(13)26)25-22-11-16-4-3-5-18(10-16)27-12-15-6-8-17(21)9-7-15/h3-11H,12H2,1-2H3,(H2,23,24,25,26)/b22-11-. The van der Waals surface area contributed by atoms with E-state index < -0.39 is 0 Å². The summed E-state index contributed by atoms with van der Waals surface area (Å²) in [6.45, 7) is 3.95. The first-order chi connectivity index (χ1) is 13.0. The molecule has 138 valence electrons. The van der Waals surface area contributed by atoms with E-state index in [4.69, 9.17) is 16.3 Å². The molecule has 0 amide bonds. The van der Waals surface area contributed by atoms with Gasteiger partial charge in [0.2, 0.25) is 5.95 Å². The van der Waals surface area contributed by atoms with Gasteiger partial charge in [0.1, 0.15) is 12.4 Å². The van der Waals surface area contributed by atoms with Crippen LogP contribution in [-0.2, 0) is 6.61 Å². The molecule has 2 aromatic carbocycles. The Morgan fingerprint density at radius 1 is 1.22 bits per heavy atom. The van der Waals surface area contributed by atoms with Gasteiger partial charge in [0.15, 0.2) is 0 Å². The molecular formula is C20H19ClN4O2. The number of hydrogen-bond acceptors (Lipinski definition) is 5. The van der Waals surface area contributed by atoms with Crippen molar-refractivity contribution in [2.24, 2.45) is 5.10 Å². The molecule has 0 aliphatic heterocycles. The lowest BCUT2D eigenvalue weighted by Crippen LogP contribution is -2.15. The van der Waals surface area contributed by atoms with Crippen molar-refractivity contribution in [1.29, 1.82) is 0 Å². The van der Waals surface area contributed by atoms with Crippen molar-refractivity contribution in [1.82, 2.24) is 9.97 Å². The smallest absolute Gasteiger partial charge is 0.255 e. The number of anilines is 1. The van der Waals surface area contributed by atoms with Gasteiger partial charge in [-0.3, -0.25) is 9.78 Å². The minimum absolute atomic E-state index is 0.183. The number of nitrogens with zero attached hydrogens (tertiary/aromatic N) is 2. The second kappa shape index (κ2) is 8.51. The molecule has 0 fully saturated rings. The number of hydrogen-bond donors (Lipinski definition) is 2. The summed E-state index contributed by atoms with van der Waals surface area (Å²) in [6.07, 6.45) is 1.63. The van der Waals surface area contributed by atoms with Gasteiger partial charge in [0.05, 0.1) is 6.21 Å². The van der Waals surface area contributed by atoms with Crippen LogP contribution in [0.2, 0.25) is 5.02 Å². The quantitative estimate of drug-likeness (QED) is 0.497. The van der Waals surface area contributed by atoms with Crippen LogP contribution in [0.15, 0.2) is 58.4 Å². The fourth-order valence-corrected chi connectivity index (χ4v) is 2.42. The molecule has 0 radical (unpaired) electrons. The zero-order chi connectivity index (χ0) is 19.2. The number of benzene rings is 2. The summed E-state index contributed by atoms with van der Waals surface area (Å²) in [5.74, 6) is 1.03. The van der Waals surface area contributed by atoms with Crippen LogP contribution in [-0.4, -0.2) is 16.2 Å². The highest BCUT2D eigenvalue weighted by molar-refractivity contribution is 6.30. The molecule has 7 heteroatoms. The van der Waals surface area contributed by atoms with Crippen molar-refractivity contribution < 1.29 is 4.74 Å². The second-order valence-electron chi connectivity index (χ2n) is 5.98. The third-order valence-corrected chi connectivity index (χ3v) is 4.21. The third kappa shape index (κ3) is 5.18. The molecule has 0 unspecified atom stereocenters. The van der Waals surface area contributed by atoms with Crippen molar-refractivity contribution in [3.05, 3.63) is 86.3 Å². The van der Waals surface area contributed by atoms with Crippen LogP contribution in [0.3, 0.4) is 0 Å². The van der Waals surface area contributed by atoms with E-state index in [1.165, 1.54) is 0 Å². The normalized spacial score (nSPS) is 10.9. The highest BCUT2D eigenvalue weighted by atomic mass is 35.5. The Balaban J connectivity index is 1.62. The van der Waals surface area contributed by atoms with E-state index >= 15 is 0 Å². The molecule has 0 saturated carbocycles. The molecule has 6 nitrogen and oxygen atoms in total. The molecule has 0 aliphatic rings. The third-order valence-electron chi connectivity index (χ3n) is 3.96. The SMILES string of the molecule is Cc1nc(N/N=C\c2cccc(OCc3ccc(Cl)cc3)c2)[nH]c(=O)c1C. The Bertz CT molecular complexity index is 1010. The van der Waals surface area contributed by atoms with Crippen LogP contribution in [0.1, 0.15) is 22.4 Å². The number of rotatable bonds is 6. The summed E-state index contributed by atoms with van der Waals surface area (Å²) in [6, 6.07) is 15.1. The van der Waals surface area contributed by atoms with Crippen LogP contribution in [0, 0.1) is 13.8 Å². The Hall–Kier alpha value is -3.12. The van der Waals surface area contributed by atoms with Gasteiger partial charge < -0.3 is 4.74 Å². The fraction of sp³-hybridized carbons (Fsp3) is 0.150. The largest absolute Gasteiger partial charge is 0.489 e. The Morgan fingerprint density at radius 3 is 2.74 bits per heavy atom. The molecule has 0 atom stereocenters. The van der Waals surface area contributed by atoms with Crippen molar-refractivity contribution in [3.8, 4) is 5.75 Å². The maximum atomic E-state index is 11.7. The number of aromatic nitrogens is 2. The minimum atomic E-state index is -0.183. The van der Waals surface area contributed by atoms with E-state index in [-0.39, 0.29) is 5.56 Å². The van der Waals surface area contributed by atoms with Crippen molar-refractivity contribution in [2.45, 2.75) is 20.5 Å². The van der Waals surface area contributed by atoms with Gasteiger partial charge in [0, 0.05) is 16.3 Å². The van der Waals surface area contributed by atoms with Crippen LogP contribution in [0.5, 0.6) is 5.75 Å². The molecule has 1 aromatic heterocycles. The molecule has 3 aromatic rings. The van der Waals surface area contributed by atoms with Gasteiger partial charge in [-0.2, -0.15) is 5.10 Å². The number of H-pyrrole nitrogens is 1. The van der Waals surface area contributed by atoms with Crippen molar-refractivity contribution in [2.75, 3.05) is 5.43 Å². The number of nitrogens with one attached hydrogen (secondary N) is 2. The zero-order valence-electron chi connectivity index (χ0n) is 15.0. The molecule has 0 saturated heterocycles. The Labute approximate surface area is 161 Å². The first kappa shape index (κ1) is 18.7. The number of aromatic amines is 1. The summed E-state index contributed by atoms with van der Waals surface area (Å²) < 4.78 is 5.80. The lowest BCUT2D eigenvalue weighted by molar-refractivity contribution is 0.306. The van der Waals surface area contributed by atoms with Crippen molar-refractivity contribution >= 4 is 23.8 Å². The first-order valence-electron chi connectivity index (χ1n) is 8.35. The van der Waals surface area contributed by atoms with Crippen LogP contribution in [0.4, 0.5) is 5.95 Å². The number of ether oxygens (including phenoxy) is 1. The summed E-state index contributed by atoms with van der Waals surface area (Å²) >= 11 is 5.88. The predicted molar refractivity (Wildman–Crippen MR) is 108 cm³/mol. The average molecular weight is 383 g/mol. The van der Waals surface area contributed by atoms with Crippen LogP contribution in [0.25, 0.3) is 0 Å². The van der Waals surface area contributed by atoms with Gasteiger partial charge in [-0.15, -0.1) is 0 Å². The van der Waals surface area contributed by atoms with Gasteiger partial charge >= 0.3 is 0 Å². The summed E-state index contributed by atoms with van der Waals surface area (Å²) in [5.41, 5.74) is 5.69. The van der Waals surface area contributed by atoms with Gasteiger partial charge in [-0.05, 0) is 49.2 Å². The molecule has 0 spiro atoms. The number of halogens is 1. The molecule has 0 bridgehead atoms. The predicted octanol–water partition coefficient (Wildman–Crippen LogP) is 4.07. The lowest BCUT2D eigenvalue weighted by Gasteiger charge is -2.07. The second-order valence-corrected chi connectivity index (χ2v) is 6.42. The number of aryl methyl sites for hydroxylation is 1. The fourth-order valence-electron chi connectivity index (χ4n) is 2.30. The van der Waals surface area contributed by atoms with Crippen molar-refractivity contribution in [3.63, 3.8) is 0 Å².